The topological polar surface area (TPSA) is 36.4 Å². The van der Waals surface area contributed by atoms with Crippen molar-refractivity contribution in [3.05, 3.63) is 0 Å². The molecule has 0 spiro atoms. The van der Waals surface area contributed by atoms with E-state index in [1.807, 2.05) is 0 Å². The number of hydrogen-bond acceptors (Lipinski definition) is 1. The van der Waals surface area contributed by atoms with Gasteiger partial charge in [-0.2, -0.15) is 0 Å². The summed E-state index contributed by atoms with van der Waals surface area (Å²) in [5.41, 5.74) is 0. The Morgan fingerprint density at radius 2 is 1.93 bits per heavy atom. The van der Waals surface area contributed by atoms with Gasteiger partial charge in [-0.15, -0.1) is 0 Å². The van der Waals surface area contributed by atoms with Crippen LogP contribution in [-0.2, 0) is 0 Å². The first-order valence-electron chi connectivity index (χ1n) is 6.25. The van der Waals surface area contributed by atoms with Gasteiger partial charge in [0, 0.05) is 19.1 Å². The molecule has 4 unspecified atom stereocenters. The highest BCUT2D eigenvalue weighted by Gasteiger charge is 2.34. The van der Waals surface area contributed by atoms with Crippen molar-refractivity contribution in [3.8, 4) is 0 Å². The lowest BCUT2D eigenvalue weighted by Gasteiger charge is -2.10. The zero-order valence-electron chi connectivity index (χ0n) is 10.1. The van der Waals surface area contributed by atoms with Gasteiger partial charge in [-0.3, -0.25) is 4.99 Å². The van der Waals surface area contributed by atoms with E-state index < -0.39 is 0 Å². The van der Waals surface area contributed by atoms with Crippen molar-refractivity contribution in [3.63, 3.8) is 0 Å². The molecule has 2 aliphatic rings. The van der Waals surface area contributed by atoms with Gasteiger partial charge in [0.05, 0.1) is 0 Å². The first-order chi connectivity index (χ1) is 7.20. The summed E-state index contributed by atoms with van der Waals surface area (Å²) in [5.74, 6) is 3.59. The van der Waals surface area contributed by atoms with Crippen LogP contribution >= 0.6 is 0 Å². The zero-order chi connectivity index (χ0) is 10.8. The Morgan fingerprint density at radius 1 is 1.27 bits per heavy atom. The Hall–Kier alpha value is -0.730. The van der Waals surface area contributed by atoms with E-state index in [9.17, 15) is 0 Å². The minimum Gasteiger partial charge on any atom is -0.357 e. The molecular formula is C12H23N3. The lowest BCUT2D eigenvalue weighted by Crippen LogP contribution is -2.39. The summed E-state index contributed by atoms with van der Waals surface area (Å²) in [6, 6.07) is 0.666. The van der Waals surface area contributed by atoms with Gasteiger partial charge in [0.1, 0.15) is 0 Å². The van der Waals surface area contributed by atoms with E-state index in [0.29, 0.717) is 6.04 Å². The fourth-order valence-corrected chi connectivity index (χ4v) is 1.88. The molecule has 0 aromatic carbocycles. The molecule has 2 N–H and O–H groups in total. The summed E-state index contributed by atoms with van der Waals surface area (Å²) in [5, 5.41) is 6.79. The Morgan fingerprint density at radius 3 is 2.40 bits per heavy atom. The first kappa shape index (κ1) is 10.8. The van der Waals surface area contributed by atoms with Crippen molar-refractivity contribution in [1.29, 1.82) is 0 Å². The molecule has 0 amide bonds. The summed E-state index contributed by atoms with van der Waals surface area (Å²) in [4.78, 5) is 4.63. The van der Waals surface area contributed by atoms with E-state index in [-0.39, 0.29) is 0 Å². The van der Waals surface area contributed by atoms with Gasteiger partial charge in [-0.05, 0) is 37.5 Å². The van der Waals surface area contributed by atoms with Crippen molar-refractivity contribution in [2.75, 3.05) is 13.1 Å². The molecule has 0 aromatic rings. The van der Waals surface area contributed by atoms with Gasteiger partial charge in [0.25, 0.3) is 0 Å². The Kier molecular flexibility index (Phi) is 3.17. The van der Waals surface area contributed by atoms with E-state index >= 15 is 0 Å². The van der Waals surface area contributed by atoms with Crippen molar-refractivity contribution in [1.82, 2.24) is 10.6 Å². The highest BCUT2D eigenvalue weighted by molar-refractivity contribution is 5.80. The van der Waals surface area contributed by atoms with Gasteiger partial charge in [-0.1, -0.05) is 13.8 Å². The van der Waals surface area contributed by atoms with Gasteiger partial charge in [0.15, 0.2) is 5.96 Å². The average Bonchev–Trinajstić information content (AvgIpc) is 3.05. The minimum absolute atomic E-state index is 0.666. The Bertz CT molecular complexity index is 249. The van der Waals surface area contributed by atoms with Crippen LogP contribution < -0.4 is 10.6 Å². The molecule has 0 radical (unpaired) electrons. The molecule has 0 bridgehead atoms. The second-order valence-electron chi connectivity index (χ2n) is 5.16. The van der Waals surface area contributed by atoms with Crippen LogP contribution in [0.5, 0.6) is 0 Å². The molecule has 86 valence electrons. The monoisotopic (exact) mass is 209 g/mol. The van der Waals surface area contributed by atoms with Crippen molar-refractivity contribution in [2.24, 2.45) is 22.7 Å². The smallest absolute Gasteiger partial charge is 0.191 e. The van der Waals surface area contributed by atoms with E-state index in [0.717, 1.165) is 36.8 Å². The molecule has 3 heteroatoms. The fraction of sp³-hybridized carbons (Fsp3) is 0.917. The van der Waals surface area contributed by atoms with E-state index in [4.69, 9.17) is 0 Å². The average molecular weight is 209 g/mol. The molecule has 0 saturated heterocycles. The Labute approximate surface area is 92.7 Å². The number of rotatable bonds is 4. The maximum atomic E-state index is 4.63. The molecule has 2 fully saturated rings. The van der Waals surface area contributed by atoms with Crippen LogP contribution in [0, 0.1) is 17.8 Å². The number of aliphatic imine (C=N–C) groups is 1. The molecule has 15 heavy (non-hydrogen) atoms. The van der Waals surface area contributed by atoms with Crippen LogP contribution in [0.3, 0.4) is 0 Å². The second kappa shape index (κ2) is 4.42. The molecule has 4 atom stereocenters. The largest absolute Gasteiger partial charge is 0.357 e. The summed E-state index contributed by atoms with van der Waals surface area (Å²) >= 11 is 0. The van der Waals surface area contributed by atoms with Crippen LogP contribution in [-0.4, -0.2) is 25.1 Å². The van der Waals surface area contributed by atoms with E-state index in [1.165, 1.54) is 12.8 Å². The van der Waals surface area contributed by atoms with Crippen LogP contribution in [0.4, 0.5) is 0 Å². The normalized spacial score (nSPS) is 38.7. The lowest BCUT2D eigenvalue weighted by molar-refractivity contribution is 0.729. The van der Waals surface area contributed by atoms with Crippen molar-refractivity contribution in [2.45, 2.75) is 39.7 Å². The highest BCUT2D eigenvalue weighted by atomic mass is 15.2. The van der Waals surface area contributed by atoms with Crippen LogP contribution in [0.25, 0.3) is 0 Å². The first-order valence-corrected chi connectivity index (χ1v) is 6.25. The van der Waals surface area contributed by atoms with Crippen LogP contribution in [0.15, 0.2) is 4.99 Å². The maximum absolute atomic E-state index is 4.63. The van der Waals surface area contributed by atoms with Gasteiger partial charge in [0.2, 0.25) is 0 Å². The quantitative estimate of drug-likeness (QED) is 0.545. The minimum atomic E-state index is 0.666. The molecule has 2 saturated carbocycles. The third-order valence-electron chi connectivity index (χ3n) is 3.54. The molecule has 0 aliphatic heterocycles. The maximum Gasteiger partial charge on any atom is 0.191 e. The third kappa shape index (κ3) is 3.11. The fourth-order valence-electron chi connectivity index (χ4n) is 1.88. The molecule has 2 aliphatic carbocycles. The van der Waals surface area contributed by atoms with Crippen LogP contribution in [0.1, 0.15) is 33.6 Å². The summed E-state index contributed by atoms with van der Waals surface area (Å²) < 4.78 is 0. The predicted octanol–water partition coefficient (Wildman–Crippen LogP) is 1.61. The second-order valence-corrected chi connectivity index (χ2v) is 5.16. The predicted molar refractivity (Wildman–Crippen MR) is 64.0 cm³/mol. The van der Waals surface area contributed by atoms with Gasteiger partial charge in [-0.25, -0.2) is 0 Å². The standard InChI is InChI=1S/C12H23N3/c1-4-13-12(15-11-6-9(11)3)14-7-10-5-8(10)2/h8-11H,4-7H2,1-3H3,(H2,13,14,15). The number of hydrogen-bond donors (Lipinski definition) is 2. The number of nitrogens with zero attached hydrogens (tertiary/aromatic N) is 1. The van der Waals surface area contributed by atoms with Crippen molar-refractivity contribution < 1.29 is 0 Å². The molecule has 0 heterocycles. The third-order valence-corrected chi connectivity index (χ3v) is 3.54. The van der Waals surface area contributed by atoms with E-state index in [2.05, 4.69) is 36.4 Å². The lowest BCUT2D eigenvalue weighted by atomic mass is 10.3. The molecule has 3 nitrogen and oxygen atoms in total. The van der Waals surface area contributed by atoms with Crippen LogP contribution in [0.2, 0.25) is 0 Å². The molecule has 2 rings (SSSR count). The molecule has 0 aromatic heterocycles. The van der Waals surface area contributed by atoms with E-state index in [1.54, 1.807) is 0 Å². The Balaban J connectivity index is 1.76. The highest BCUT2D eigenvalue weighted by Crippen LogP contribution is 2.37. The SMILES string of the molecule is CCNC(=NCC1CC1C)NC1CC1C. The number of nitrogens with one attached hydrogen (secondary N) is 2. The van der Waals surface area contributed by atoms with Crippen molar-refractivity contribution >= 4 is 5.96 Å². The molecular weight excluding hydrogens is 186 g/mol. The summed E-state index contributed by atoms with van der Waals surface area (Å²) in [6.45, 7) is 8.66. The summed E-state index contributed by atoms with van der Waals surface area (Å²) in [7, 11) is 0. The summed E-state index contributed by atoms with van der Waals surface area (Å²) in [6.07, 6.45) is 2.66. The zero-order valence-corrected chi connectivity index (χ0v) is 10.1. The van der Waals surface area contributed by atoms with Gasteiger partial charge < -0.3 is 10.6 Å². The number of guanidine groups is 1. The van der Waals surface area contributed by atoms with Gasteiger partial charge >= 0.3 is 0 Å².